The summed E-state index contributed by atoms with van der Waals surface area (Å²) in [4.78, 5) is 0. The summed E-state index contributed by atoms with van der Waals surface area (Å²) < 4.78 is 5.00. The van der Waals surface area contributed by atoms with Gasteiger partial charge in [-0.1, -0.05) is 96.1 Å². The van der Waals surface area contributed by atoms with Crippen LogP contribution in [-0.2, 0) is 14.7 Å². The van der Waals surface area contributed by atoms with Gasteiger partial charge in [0.25, 0.3) is 0 Å². The lowest BCUT2D eigenvalue weighted by Crippen LogP contribution is -2.17. The van der Waals surface area contributed by atoms with Gasteiger partial charge < -0.3 is 4.18 Å². The second kappa shape index (κ2) is 14.2. The van der Waals surface area contributed by atoms with E-state index in [1.165, 1.54) is 35.2 Å². The topological polar surface area (TPSA) is 9.23 Å². The fourth-order valence-electron chi connectivity index (χ4n) is 3.17. The Bertz CT molecular complexity index is 637. The number of hydrogen-bond donors (Lipinski definition) is 1. The summed E-state index contributed by atoms with van der Waals surface area (Å²) in [5, 5.41) is 0. The van der Waals surface area contributed by atoms with Gasteiger partial charge in [0.1, 0.15) is 0 Å². The third kappa shape index (κ3) is 11.2. The summed E-state index contributed by atoms with van der Waals surface area (Å²) in [5.74, 6) is 1.55. The molecule has 2 aromatic rings. The largest absolute Gasteiger partial charge is 0.318 e. The Labute approximate surface area is 190 Å². The zero-order chi connectivity index (χ0) is 22.5. The van der Waals surface area contributed by atoms with Crippen LogP contribution >= 0.6 is 24.7 Å². The molecule has 1 nitrogen and oxygen atoms in total. The van der Waals surface area contributed by atoms with Crippen LogP contribution in [0.4, 0.5) is 0 Å². The molecule has 1 atom stereocenters. The van der Waals surface area contributed by atoms with E-state index in [0.717, 1.165) is 5.75 Å². The molecule has 1 unspecified atom stereocenters. The predicted octanol–water partition coefficient (Wildman–Crippen LogP) is 8.90. The van der Waals surface area contributed by atoms with E-state index in [2.05, 4.69) is 90.6 Å². The second-order valence-electron chi connectivity index (χ2n) is 8.42. The van der Waals surface area contributed by atoms with Gasteiger partial charge in [0.15, 0.2) is 0 Å². The van der Waals surface area contributed by atoms with E-state index in [1.807, 2.05) is 32.0 Å². The Morgan fingerprint density at radius 1 is 0.897 bits per heavy atom. The van der Waals surface area contributed by atoms with Crippen molar-refractivity contribution >= 4 is 24.7 Å². The molecule has 164 valence electrons. The molecule has 0 bridgehead atoms. The van der Waals surface area contributed by atoms with Gasteiger partial charge in [-0.05, 0) is 60.3 Å². The standard InChI is InChI=1S/C15H24OS.C9H12S.C2H6/c1-6-14(15(2,3)4)13-9-7-12(8-10-13)11-17-16-5;1-9(2,10)8-6-4-3-5-7-8;1-2/h7-10,14H,6,11H2,1-5H3;3-7,10H,1-2H3;1-2H3. The molecule has 0 aliphatic carbocycles. The first-order valence-corrected chi connectivity index (χ1v) is 12.0. The number of hydrogen-bond acceptors (Lipinski definition) is 3. The third-order valence-electron chi connectivity index (χ3n) is 4.66. The van der Waals surface area contributed by atoms with E-state index >= 15 is 0 Å². The fraction of sp³-hybridized carbons (Fsp3) is 0.538. The summed E-state index contributed by atoms with van der Waals surface area (Å²) in [7, 11) is 1.71. The Hall–Kier alpha value is -0.900. The molecule has 0 radical (unpaired) electrons. The van der Waals surface area contributed by atoms with Crippen LogP contribution in [0.5, 0.6) is 0 Å². The van der Waals surface area contributed by atoms with Gasteiger partial charge >= 0.3 is 0 Å². The van der Waals surface area contributed by atoms with E-state index in [-0.39, 0.29) is 4.75 Å². The number of thiol groups is 1. The molecule has 0 amide bonds. The third-order valence-corrected chi connectivity index (χ3v) is 5.60. The van der Waals surface area contributed by atoms with Gasteiger partial charge in [-0.3, -0.25) is 0 Å². The van der Waals surface area contributed by atoms with Crippen molar-refractivity contribution in [2.75, 3.05) is 7.11 Å². The molecular weight excluding hydrogens is 392 g/mol. The van der Waals surface area contributed by atoms with E-state index in [1.54, 1.807) is 7.11 Å². The van der Waals surface area contributed by atoms with Gasteiger partial charge in [0.2, 0.25) is 0 Å². The molecule has 0 spiro atoms. The lowest BCUT2D eigenvalue weighted by atomic mass is 9.75. The molecule has 0 aromatic heterocycles. The molecule has 0 saturated heterocycles. The summed E-state index contributed by atoms with van der Waals surface area (Å²) in [6, 6.07) is 19.2. The molecule has 0 fully saturated rings. The van der Waals surface area contributed by atoms with Gasteiger partial charge in [-0.15, -0.1) is 0 Å². The smallest absolute Gasteiger partial charge is 0.0503 e. The fourth-order valence-corrected chi connectivity index (χ4v) is 3.76. The zero-order valence-corrected chi connectivity index (χ0v) is 21.7. The minimum Gasteiger partial charge on any atom is -0.318 e. The maximum absolute atomic E-state index is 5.02. The van der Waals surface area contributed by atoms with E-state index in [0.29, 0.717) is 11.3 Å². The van der Waals surface area contributed by atoms with Crippen molar-refractivity contribution in [3.05, 3.63) is 71.3 Å². The van der Waals surface area contributed by atoms with E-state index < -0.39 is 0 Å². The molecule has 0 aliphatic heterocycles. The van der Waals surface area contributed by atoms with Crippen LogP contribution in [0.1, 0.15) is 84.4 Å². The van der Waals surface area contributed by atoms with E-state index in [9.17, 15) is 0 Å². The molecule has 3 heteroatoms. The first-order chi connectivity index (χ1) is 13.6. The minimum atomic E-state index is -0.0126. The summed E-state index contributed by atoms with van der Waals surface area (Å²) in [6.45, 7) is 17.4. The van der Waals surface area contributed by atoms with Gasteiger partial charge in [-0.2, -0.15) is 12.6 Å². The minimum absolute atomic E-state index is 0.0126. The van der Waals surface area contributed by atoms with Crippen molar-refractivity contribution in [3.8, 4) is 0 Å². The summed E-state index contributed by atoms with van der Waals surface area (Å²) >= 11 is 5.93. The first kappa shape index (κ1) is 28.1. The van der Waals surface area contributed by atoms with Crippen LogP contribution in [0, 0.1) is 5.41 Å². The molecule has 2 rings (SSSR count). The average Bonchev–Trinajstić information content (AvgIpc) is 2.69. The van der Waals surface area contributed by atoms with Crippen molar-refractivity contribution in [2.24, 2.45) is 5.41 Å². The van der Waals surface area contributed by atoms with Crippen LogP contribution < -0.4 is 0 Å². The van der Waals surface area contributed by atoms with Gasteiger partial charge in [0.05, 0.1) is 7.11 Å². The Balaban J connectivity index is 0.000000554. The van der Waals surface area contributed by atoms with Crippen molar-refractivity contribution < 1.29 is 4.18 Å². The number of rotatable bonds is 6. The Morgan fingerprint density at radius 2 is 1.41 bits per heavy atom. The zero-order valence-electron chi connectivity index (χ0n) is 20.0. The van der Waals surface area contributed by atoms with E-state index in [4.69, 9.17) is 4.18 Å². The van der Waals surface area contributed by atoms with Crippen LogP contribution in [0.25, 0.3) is 0 Å². The lowest BCUT2D eigenvalue weighted by Gasteiger charge is -2.30. The normalized spacial score (nSPS) is 12.2. The highest BCUT2D eigenvalue weighted by atomic mass is 32.2. The van der Waals surface area contributed by atoms with Crippen LogP contribution in [-0.4, -0.2) is 7.11 Å². The highest BCUT2D eigenvalue weighted by Crippen LogP contribution is 2.37. The summed E-state index contributed by atoms with van der Waals surface area (Å²) in [5.41, 5.74) is 4.37. The molecule has 29 heavy (non-hydrogen) atoms. The maximum atomic E-state index is 5.02. The van der Waals surface area contributed by atoms with Crippen molar-refractivity contribution in [1.29, 1.82) is 0 Å². The van der Waals surface area contributed by atoms with Crippen molar-refractivity contribution in [3.63, 3.8) is 0 Å². The Kier molecular flexibility index (Phi) is 13.7. The van der Waals surface area contributed by atoms with Gasteiger partial charge in [-0.25, -0.2) is 0 Å². The van der Waals surface area contributed by atoms with Crippen molar-refractivity contribution in [2.45, 2.75) is 78.2 Å². The molecular formula is C26H42OS2. The molecule has 0 aliphatic rings. The second-order valence-corrected chi connectivity index (χ2v) is 10.4. The quantitative estimate of drug-likeness (QED) is 0.359. The van der Waals surface area contributed by atoms with Crippen molar-refractivity contribution in [1.82, 2.24) is 0 Å². The molecule has 0 heterocycles. The molecule has 2 aromatic carbocycles. The maximum Gasteiger partial charge on any atom is 0.0503 e. The predicted molar refractivity (Wildman–Crippen MR) is 137 cm³/mol. The van der Waals surface area contributed by atoms with Gasteiger partial charge in [0, 0.05) is 10.5 Å². The van der Waals surface area contributed by atoms with Crippen LogP contribution in [0.2, 0.25) is 0 Å². The van der Waals surface area contributed by atoms with Crippen LogP contribution in [0.3, 0.4) is 0 Å². The number of benzene rings is 2. The SMILES string of the molecule is CC.CC(C)(S)c1ccccc1.CCC(c1ccc(CSOC)cc1)C(C)(C)C. The highest BCUT2D eigenvalue weighted by molar-refractivity contribution is 7.93. The summed E-state index contributed by atoms with van der Waals surface area (Å²) in [6.07, 6.45) is 1.19. The Morgan fingerprint density at radius 3 is 1.76 bits per heavy atom. The highest BCUT2D eigenvalue weighted by Gasteiger charge is 2.24. The lowest BCUT2D eigenvalue weighted by molar-refractivity contribution is 0.312. The molecule has 0 N–H and O–H groups in total. The first-order valence-electron chi connectivity index (χ1n) is 10.6. The average molecular weight is 435 g/mol. The monoisotopic (exact) mass is 434 g/mol. The van der Waals surface area contributed by atoms with Crippen LogP contribution in [0.15, 0.2) is 54.6 Å². The molecule has 0 saturated carbocycles.